The van der Waals surface area contributed by atoms with Gasteiger partial charge < -0.3 is 11.1 Å². The van der Waals surface area contributed by atoms with Gasteiger partial charge in [0.05, 0.1) is 0 Å². The average Bonchev–Trinajstić information content (AvgIpc) is 2.29. The Balaban J connectivity index is 1.87. The van der Waals surface area contributed by atoms with Gasteiger partial charge in [0, 0.05) is 24.5 Å². The first-order chi connectivity index (χ1) is 8.24. The maximum Gasteiger partial charge on any atom is 0.125 e. The molecule has 0 unspecified atom stereocenters. The van der Waals surface area contributed by atoms with Crippen molar-refractivity contribution in [3.63, 3.8) is 0 Å². The number of rotatable bonds is 4. The topological polar surface area (TPSA) is 50.9 Å². The minimum Gasteiger partial charge on any atom is -0.385 e. The predicted molar refractivity (Wildman–Crippen MR) is 67.2 cm³/mol. The molecule has 17 heavy (non-hydrogen) atoms. The van der Waals surface area contributed by atoms with Crippen molar-refractivity contribution in [1.29, 1.82) is 0 Å². The van der Waals surface area contributed by atoms with E-state index in [-0.39, 0.29) is 5.82 Å². The zero-order chi connectivity index (χ0) is 12.1. The molecule has 1 heterocycles. The number of nitrogens with one attached hydrogen (secondary N) is 1. The highest BCUT2D eigenvalue weighted by molar-refractivity contribution is 5.49. The lowest BCUT2D eigenvalue weighted by molar-refractivity contribution is 0.625. The Bertz CT molecular complexity index is 454. The van der Waals surface area contributed by atoms with Crippen LogP contribution in [0.5, 0.6) is 0 Å². The molecule has 1 aromatic carbocycles. The van der Waals surface area contributed by atoms with Crippen LogP contribution >= 0.6 is 0 Å². The highest BCUT2D eigenvalue weighted by Gasteiger charge is 1.96. The fourth-order valence-corrected chi connectivity index (χ4v) is 1.60. The Hall–Kier alpha value is -2.10. The Kier molecular flexibility index (Phi) is 3.55. The Morgan fingerprint density at radius 2 is 2.12 bits per heavy atom. The number of anilines is 2. The first-order valence-electron chi connectivity index (χ1n) is 5.44. The van der Waals surface area contributed by atoms with Crippen molar-refractivity contribution in [3.05, 3.63) is 54.0 Å². The number of benzene rings is 1. The second-order valence-electron chi connectivity index (χ2n) is 3.78. The third kappa shape index (κ3) is 3.45. The molecule has 0 atom stereocenters. The van der Waals surface area contributed by atoms with Crippen molar-refractivity contribution < 1.29 is 4.39 Å². The van der Waals surface area contributed by atoms with E-state index in [2.05, 4.69) is 10.3 Å². The van der Waals surface area contributed by atoms with Gasteiger partial charge in [-0.15, -0.1) is 0 Å². The molecule has 4 heteroatoms. The maximum absolute atomic E-state index is 12.9. The van der Waals surface area contributed by atoms with Crippen LogP contribution in [0.3, 0.4) is 0 Å². The van der Waals surface area contributed by atoms with E-state index in [4.69, 9.17) is 5.73 Å². The highest BCUT2D eigenvalue weighted by Crippen LogP contribution is 2.09. The van der Waals surface area contributed by atoms with Crippen LogP contribution in [-0.4, -0.2) is 11.5 Å². The summed E-state index contributed by atoms with van der Waals surface area (Å²) in [6.07, 6.45) is 2.42. The molecule has 3 nitrogen and oxygen atoms in total. The van der Waals surface area contributed by atoms with Gasteiger partial charge >= 0.3 is 0 Å². The molecule has 88 valence electrons. The van der Waals surface area contributed by atoms with Crippen LogP contribution < -0.4 is 11.1 Å². The molecule has 0 saturated carbocycles. The lowest BCUT2D eigenvalue weighted by Gasteiger charge is -2.06. The molecule has 0 aliphatic rings. The summed E-state index contributed by atoms with van der Waals surface area (Å²) >= 11 is 0. The van der Waals surface area contributed by atoms with Crippen LogP contribution in [-0.2, 0) is 6.42 Å². The number of hydrogen-bond acceptors (Lipinski definition) is 3. The fraction of sp³-hybridized carbons (Fsp3) is 0.154. The van der Waals surface area contributed by atoms with Gasteiger partial charge in [-0.1, -0.05) is 12.1 Å². The van der Waals surface area contributed by atoms with Gasteiger partial charge in [0.15, 0.2) is 0 Å². The molecular formula is C13H14FN3. The quantitative estimate of drug-likeness (QED) is 0.849. The molecule has 0 bridgehead atoms. The minimum absolute atomic E-state index is 0.198. The van der Waals surface area contributed by atoms with E-state index < -0.39 is 0 Å². The van der Waals surface area contributed by atoms with Crippen LogP contribution in [0, 0.1) is 5.82 Å². The molecular weight excluding hydrogens is 217 g/mol. The molecule has 0 saturated heterocycles. The van der Waals surface area contributed by atoms with Crippen LogP contribution in [0.2, 0.25) is 0 Å². The first kappa shape index (κ1) is 11.4. The van der Waals surface area contributed by atoms with Gasteiger partial charge in [0.25, 0.3) is 0 Å². The predicted octanol–water partition coefficient (Wildman–Crippen LogP) is 2.46. The second-order valence-corrected chi connectivity index (χ2v) is 3.78. The molecule has 0 aliphatic carbocycles. The normalized spacial score (nSPS) is 10.2. The van der Waals surface area contributed by atoms with Crippen LogP contribution in [0.4, 0.5) is 15.9 Å². The van der Waals surface area contributed by atoms with Crippen molar-refractivity contribution in [1.82, 2.24) is 4.98 Å². The van der Waals surface area contributed by atoms with Crippen molar-refractivity contribution in [2.45, 2.75) is 6.42 Å². The van der Waals surface area contributed by atoms with E-state index in [1.807, 2.05) is 12.1 Å². The van der Waals surface area contributed by atoms with Gasteiger partial charge in [-0.25, -0.2) is 9.37 Å². The van der Waals surface area contributed by atoms with Gasteiger partial charge in [-0.3, -0.25) is 0 Å². The third-order valence-corrected chi connectivity index (χ3v) is 2.41. The summed E-state index contributed by atoms with van der Waals surface area (Å²) in [7, 11) is 0. The Labute approximate surface area is 99.5 Å². The Morgan fingerprint density at radius 3 is 2.88 bits per heavy atom. The lowest BCUT2D eigenvalue weighted by Crippen LogP contribution is -2.05. The summed E-state index contributed by atoms with van der Waals surface area (Å²) in [5.74, 6) is 0.288. The number of hydrogen-bond donors (Lipinski definition) is 2. The van der Waals surface area contributed by atoms with Crippen LogP contribution in [0.25, 0.3) is 0 Å². The largest absolute Gasteiger partial charge is 0.385 e. The third-order valence-electron chi connectivity index (χ3n) is 2.41. The van der Waals surface area contributed by atoms with E-state index in [0.29, 0.717) is 5.82 Å². The second kappa shape index (κ2) is 5.30. The van der Waals surface area contributed by atoms with Crippen LogP contribution in [0.15, 0.2) is 42.6 Å². The van der Waals surface area contributed by atoms with Gasteiger partial charge in [-0.2, -0.15) is 0 Å². The summed E-state index contributed by atoms with van der Waals surface area (Å²) in [6.45, 7) is 0.729. The van der Waals surface area contributed by atoms with Crippen molar-refractivity contribution >= 4 is 11.5 Å². The van der Waals surface area contributed by atoms with Gasteiger partial charge in [-0.05, 0) is 30.2 Å². The lowest BCUT2D eigenvalue weighted by atomic mass is 10.1. The molecule has 0 spiro atoms. The standard InChI is InChI=1S/C13H14FN3/c14-11-3-1-2-10(8-11)4-6-16-12-5-7-17-13(15)9-12/h1-3,5,7-9H,4,6H2,(H3,15,16,17). The van der Waals surface area contributed by atoms with Crippen molar-refractivity contribution in [2.75, 3.05) is 17.6 Å². The number of aromatic nitrogens is 1. The van der Waals surface area contributed by atoms with Gasteiger partial charge in [0.1, 0.15) is 11.6 Å². The summed E-state index contributed by atoms with van der Waals surface area (Å²) in [6, 6.07) is 10.2. The number of nitrogens with zero attached hydrogens (tertiary/aromatic N) is 1. The Morgan fingerprint density at radius 1 is 1.24 bits per heavy atom. The molecule has 0 amide bonds. The molecule has 0 radical (unpaired) electrons. The van der Waals surface area contributed by atoms with E-state index in [9.17, 15) is 4.39 Å². The minimum atomic E-state index is -0.198. The summed E-state index contributed by atoms with van der Waals surface area (Å²) in [5.41, 5.74) is 7.46. The average molecular weight is 231 g/mol. The zero-order valence-corrected chi connectivity index (χ0v) is 9.36. The monoisotopic (exact) mass is 231 g/mol. The summed E-state index contributed by atoms with van der Waals surface area (Å²) in [4.78, 5) is 3.91. The number of nitrogens with two attached hydrogens (primary N) is 1. The first-order valence-corrected chi connectivity index (χ1v) is 5.44. The van der Waals surface area contributed by atoms with Crippen molar-refractivity contribution in [2.24, 2.45) is 0 Å². The van der Waals surface area contributed by atoms with E-state index in [1.165, 1.54) is 6.07 Å². The molecule has 2 rings (SSSR count). The van der Waals surface area contributed by atoms with Gasteiger partial charge in [0.2, 0.25) is 0 Å². The number of pyridine rings is 1. The fourth-order valence-electron chi connectivity index (χ4n) is 1.60. The maximum atomic E-state index is 12.9. The summed E-state index contributed by atoms with van der Waals surface area (Å²) < 4.78 is 12.9. The van der Waals surface area contributed by atoms with E-state index >= 15 is 0 Å². The molecule has 0 aliphatic heterocycles. The van der Waals surface area contributed by atoms with Crippen LogP contribution in [0.1, 0.15) is 5.56 Å². The smallest absolute Gasteiger partial charge is 0.125 e. The summed E-state index contributed by atoms with van der Waals surface area (Å²) in [5, 5.41) is 3.21. The molecule has 2 aromatic rings. The zero-order valence-electron chi connectivity index (χ0n) is 9.36. The number of nitrogen functional groups attached to an aromatic ring is 1. The number of halogens is 1. The highest BCUT2D eigenvalue weighted by atomic mass is 19.1. The van der Waals surface area contributed by atoms with Crippen molar-refractivity contribution in [3.8, 4) is 0 Å². The SMILES string of the molecule is Nc1cc(NCCc2cccc(F)c2)ccn1. The van der Waals surface area contributed by atoms with E-state index in [1.54, 1.807) is 24.4 Å². The molecule has 0 fully saturated rings. The van der Waals surface area contributed by atoms with E-state index in [0.717, 1.165) is 24.2 Å². The molecule has 3 N–H and O–H groups in total. The molecule has 1 aromatic heterocycles.